The average molecular weight is 532 g/mol. The van der Waals surface area contributed by atoms with Crippen molar-refractivity contribution in [1.29, 1.82) is 0 Å². The Labute approximate surface area is 200 Å². The summed E-state index contributed by atoms with van der Waals surface area (Å²) in [5.41, 5.74) is 2.00. The average Bonchev–Trinajstić information content (AvgIpc) is 3.45. The van der Waals surface area contributed by atoms with Crippen LogP contribution in [-0.2, 0) is 19.2 Å². The van der Waals surface area contributed by atoms with E-state index in [2.05, 4.69) is 20.7 Å². The molecule has 0 radical (unpaired) electrons. The van der Waals surface area contributed by atoms with E-state index in [1.807, 2.05) is 0 Å². The van der Waals surface area contributed by atoms with E-state index in [-0.39, 0.29) is 15.5 Å². The van der Waals surface area contributed by atoms with Crippen LogP contribution in [-0.4, -0.2) is 73.7 Å². The number of aromatic nitrogens is 2. The summed E-state index contributed by atoms with van der Waals surface area (Å²) >= 11 is 5.84. The molecule has 2 aliphatic rings. The van der Waals surface area contributed by atoms with Crippen molar-refractivity contribution in [2.45, 2.75) is 15.8 Å². The number of β-lactam (4-membered cyclic amide) rings is 1. The number of hydrogen-bond donors (Lipinski definition) is 2. The summed E-state index contributed by atoms with van der Waals surface area (Å²) in [6.45, 7) is 0. The molecular formula is C16H13N5O6S5. The predicted molar refractivity (Wildman–Crippen MR) is 122 cm³/mol. The highest BCUT2D eigenvalue weighted by Crippen LogP contribution is 2.41. The number of carbonyl (C=O) groups excluding carboxylic acids is 2. The highest BCUT2D eigenvalue weighted by atomic mass is 32.2. The summed E-state index contributed by atoms with van der Waals surface area (Å²) in [5.74, 6) is -1.66. The second kappa shape index (κ2) is 9.70. The van der Waals surface area contributed by atoms with Gasteiger partial charge in [-0.1, -0.05) is 50.9 Å². The van der Waals surface area contributed by atoms with Crippen molar-refractivity contribution >= 4 is 81.0 Å². The van der Waals surface area contributed by atoms with Crippen LogP contribution in [0, 0.1) is 0 Å². The van der Waals surface area contributed by atoms with Gasteiger partial charge in [0.05, 0.1) is 4.88 Å². The standard InChI is InChI=1S/C16H13N5O6S5/c1-27-20-8(7-4-30-16(26)32-7)11(22)18-9-12(23)21-10(14(24)25)6(2-28-13(9)21)3-29-15-19-17-5-31-15/h4-5,9,13H,2-3H2,1H3,(H,18,22)(H,24,25)/b20-8-/t9?,13-/m1/s1. The highest BCUT2D eigenvalue weighted by Gasteiger charge is 2.54. The quantitative estimate of drug-likeness (QED) is 0.218. The number of rotatable bonds is 8. The number of nitrogens with one attached hydrogen (secondary N) is 1. The molecule has 0 aromatic carbocycles. The molecular weight excluding hydrogens is 519 g/mol. The molecule has 16 heteroatoms. The molecule has 168 valence electrons. The molecule has 1 fully saturated rings. The van der Waals surface area contributed by atoms with Crippen LogP contribution in [0.2, 0.25) is 0 Å². The smallest absolute Gasteiger partial charge is 0.352 e. The van der Waals surface area contributed by atoms with Gasteiger partial charge in [0.1, 0.15) is 29.7 Å². The molecule has 2 N–H and O–H groups in total. The van der Waals surface area contributed by atoms with Crippen molar-refractivity contribution in [1.82, 2.24) is 20.4 Å². The molecule has 11 nitrogen and oxygen atoms in total. The van der Waals surface area contributed by atoms with Crippen LogP contribution in [0.15, 0.2) is 36.5 Å². The summed E-state index contributed by atoms with van der Waals surface area (Å²) in [6, 6.07) is -0.920. The molecule has 32 heavy (non-hydrogen) atoms. The van der Waals surface area contributed by atoms with E-state index < -0.39 is 29.2 Å². The summed E-state index contributed by atoms with van der Waals surface area (Å²) in [5, 5.41) is 24.6. The van der Waals surface area contributed by atoms with Crippen molar-refractivity contribution in [3.8, 4) is 0 Å². The van der Waals surface area contributed by atoms with Crippen molar-refractivity contribution in [2.75, 3.05) is 18.6 Å². The van der Waals surface area contributed by atoms with Gasteiger partial charge in [0.25, 0.3) is 15.9 Å². The van der Waals surface area contributed by atoms with Gasteiger partial charge in [0.15, 0.2) is 10.1 Å². The monoisotopic (exact) mass is 531 g/mol. The molecule has 1 unspecified atom stereocenters. The maximum atomic E-state index is 12.8. The number of amides is 2. The first-order chi connectivity index (χ1) is 15.4. The highest BCUT2D eigenvalue weighted by molar-refractivity contribution is 8.01. The molecule has 0 spiro atoms. The first kappa shape index (κ1) is 22.9. The number of carboxylic acid groups (broad SMARTS) is 1. The lowest BCUT2D eigenvalue weighted by Crippen LogP contribution is -2.71. The molecule has 0 saturated carbocycles. The molecule has 2 aromatic rings. The van der Waals surface area contributed by atoms with Gasteiger partial charge in [-0.3, -0.25) is 19.3 Å². The minimum atomic E-state index is -1.20. The molecule has 4 rings (SSSR count). The SMILES string of the molecule is CO/N=C(\C(=O)NC1C(=O)N2C(C(=O)O)=C(CSc3nncs3)CS[C@H]12)c1csc(=O)s1. The topological polar surface area (TPSA) is 151 Å². The molecule has 0 aliphatic carbocycles. The predicted octanol–water partition coefficient (Wildman–Crippen LogP) is 0.903. The number of carboxylic acids is 1. The van der Waals surface area contributed by atoms with Crippen molar-refractivity contribution in [3.63, 3.8) is 0 Å². The molecule has 2 aliphatic heterocycles. The Morgan fingerprint density at radius 1 is 1.41 bits per heavy atom. The van der Waals surface area contributed by atoms with Gasteiger partial charge in [-0.2, -0.15) is 0 Å². The molecule has 1 saturated heterocycles. The number of nitrogens with zero attached hydrogens (tertiary/aromatic N) is 4. The lowest BCUT2D eigenvalue weighted by Gasteiger charge is -2.49. The zero-order valence-corrected chi connectivity index (χ0v) is 20.1. The van der Waals surface area contributed by atoms with Gasteiger partial charge >= 0.3 is 5.97 Å². The maximum absolute atomic E-state index is 12.8. The lowest BCUT2D eigenvalue weighted by atomic mass is 10.0. The van der Waals surface area contributed by atoms with Crippen LogP contribution in [0.3, 0.4) is 0 Å². The summed E-state index contributed by atoms with van der Waals surface area (Å²) in [4.78, 5) is 55.2. The fourth-order valence-electron chi connectivity index (χ4n) is 3.01. The van der Waals surface area contributed by atoms with Gasteiger partial charge in [0.2, 0.25) is 0 Å². The zero-order chi connectivity index (χ0) is 22.8. The van der Waals surface area contributed by atoms with Crippen LogP contribution >= 0.6 is 57.5 Å². The van der Waals surface area contributed by atoms with E-state index in [0.717, 1.165) is 22.7 Å². The van der Waals surface area contributed by atoms with E-state index in [1.54, 1.807) is 5.51 Å². The first-order valence-electron chi connectivity index (χ1n) is 8.70. The Morgan fingerprint density at radius 3 is 2.84 bits per heavy atom. The molecule has 4 heterocycles. The zero-order valence-electron chi connectivity index (χ0n) is 16.0. The Kier molecular flexibility index (Phi) is 6.94. The maximum Gasteiger partial charge on any atom is 0.352 e. The van der Waals surface area contributed by atoms with Crippen LogP contribution < -0.4 is 9.37 Å². The summed E-state index contributed by atoms with van der Waals surface area (Å²) in [6.07, 6.45) is 0. The third-order valence-electron chi connectivity index (χ3n) is 4.33. The van der Waals surface area contributed by atoms with E-state index in [9.17, 15) is 24.3 Å². The number of carbonyl (C=O) groups is 3. The molecule has 2 aromatic heterocycles. The van der Waals surface area contributed by atoms with Crippen molar-refractivity contribution in [2.24, 2.45) is 5.16 Å². The van der Waals surface area contributed by atoms with Crippen LogP contribution in [0.5, 0.6) is 0 Å². The van der Waals surface area contributed by atoms with Gasteiger partial charge < -0.3 is 15.3 Å². The largest absolute Gasteiger partial charge is 0.477 e. The number of aliphatic carboxylic acids is 1. The molecule has 2 atom stereocenters. The Hall–Kier alpha value is -2.27. The van der Waals surface area contributed by atoms with E-state index >= 15 is 0 Å². The molecule has 2 amide bonds. The normalized spacial score (nSPS) is 20.6. The second-order valence-corrected chi connectivity index (χ2v) is 11.5. The minimum Gasteiger partial charge on any atom is -0.477 e. The first-order valence-corrected chi connectivity index (χ1v) is 13.3. The van der Waals surface area contributed by atoms with Crippen molar-refractivity contribution in [3.05, 3.63) is 35.9 Å². The van der Waals surface area contributed by atoms with Crippen LogP contribution in [0.4, 0.5) is 0 Å². The van der Waals surface area contributed by atoms with Gasteiger partial charge in [-0.15, -0.1) is 22.0 Å². The summed E-state index contributed by atoms with van der Waals surface area (Å²) < 4.78 is 0.496. The van der Waals surface area contributed by atoms with E-state index in [0.29, 0.717) is 26.3 Å². The Bertz CT molecular complexity index is 1170. The van der Waals surface area contributed by atoms with E-state index in [4.69, 9.17) is 4.84 Å². The van der Waals surface area contributed by atoms with E-state index in [1.165, 1.54) is 52.3 Å². The second-order valence-electron chi connectivity index (χ2n) is 6.19. The fourth-order valence-corrected chi connectivity index (χ4v) is 7.65. The third kappa shape index (κ3) is 4.45. The lowest BCUT2D eigenvalue weighted by molar-refractivity contribution is -0.150. The number of thioether (sulfide) groups is 2. The number of oxime groups is 1. The Morgan fingerprint density at radius 2 is 2.22 bits per heavy atom. The third-order valence-corrected chi connectivity index (χ3v) is 9.55. The minimum absolute atomic E-state index is 0.0666. The van der Waals surface area contributed by atoms with Gasteiger partial charge in [0, 0.05) is 16.9 Å². The fraction of sp³-hybridized carbons (Fsp3) is 0.312. The Balaban J connectivity index is 1.50. The van der Waals surface area contributed by atoms with Gasteiger partial charge in [-0.25, -0.2) is 4.79 Å². The van der Waals surface area contributed by atoms with Crippen molar-refractivity contribution < 1.29 is 24.3 Å². The molecule has 0 bridgehead atoms. The number of hydrogen-bond acceptors (Lipinski definition) is 13. The number of fused-ring (bicyclic) bond motifs is 1. The summed E-state index contributed by atoms with van der Waals surface area (Å²) in [7, 11) is 1.26. The van der Waals surface area contributed by atoms with Crippen LogP contribution in [0.25, 0.3) is 0 Å². The van der Waals surface area contributed by atoms with Gasteiger partial charge in [-0.05, 0) is 5.57 Å². The van der Waals surface area contributed by atoms with Crippen LogP contribution in [0.1, 0.15) is 4.88 Å².